The van der Waals surface area contributed by atoms with Crippen LogP contribution in [0.25, 0.3) is 0 Å². The molecule has 1 heterocycles. The molecule has 1 aromatic carbocycles. The molecule has 0 atom stereocenters. The zero-order valence-electron chi connectivity index (χ0n) is 8.59. The van der Waals surface area contributed by atoms with Crippen molar-refractivity contribution in [2.24, 2.45) is 0 Å². The summed E-state index contributed by atoms with van der Waals surface area (Å²) in [5, 5.41) is 8.62. The maximum atomic E-state index is 10.5. The molecular formula is C11H8BrNO4. The molecule has 6 heteroatoms. The van der Waals surface area contributed by atoms with E-state index in [4.69, 9.17) is 14.3 Å². The molecule has 2 aromatic rings. The van der Waals surface area contributed by atoms with Gasteiger partial charge in [0.25, 0.3) is 0 Å². The van der Waals surface area contributed by atoms with Crippen LogP contribution in [0.1, 0.15) is 16.4 Å². The van der Waals surface area contributed by atoms with E-state index in [1.807, 2.05) is 12.1 Å². The van der Waals surface area contributed by atoms with E-state index >= 15 is 0 Å². The number of carboxylic acids is 1. The normalized spacial score (nSPS) is 10.2. The van der Waals surface area contributed by atoms with E-state index in [9.17, 15) is 4.79 Å². The van der Waals surface area contributed by atoms with Crippen LogP contribution in [-0.2, 0) is 6.61 Å². The minimum absolute atomic E-state index is 0.160. The van der Waals surface area contributed by atoms with Gasteiger partial charge in [0.2, 0.25) is 0 Å². The van der Waals surface area contributed by atoms with Crippen molar-refractivity contribution in [1.82, 2.24) is 4.98 Å². The number of hydrogen-bond donors (Lipinski definition) is 1. The van der Waals surface area contributed by atoms with Crippen LogP contribution in [0.4, 0.5) is 0 Å². The Bertz CT molecular complexity index is 538. The number of benzene rings is 1. The minimum atomic E-state index is -1.20. The number of aromatic carboxylic acids is 1. The summed E-state index contributed by atoms with van der Waals surface area (Å²) in [6.45, 7) is 0.160. The van der Waals surface area contributed by atoms with Crippen molar-refractivity contribution in [3.8, 4) is 5.75 Å². The van der Waals surface area contributed by atoms with Crippen molar-refractivity contribution in [2.45, 2.75) is 6.61 Å². The van der Waals surface area contributed by atoms with E-state index in [1.54, 1.807) is 12.1 Å². The first-order valence-electron chi connectivity index (χ1n) is 4.71. The lowest BCUT2D eigenvalue weighted by Crippen LogP contribution is -1.99. The third-order valence-electron chi connectivity index (χ3n) is 1.92. The Balaban J connectivity index is 2.00. The number of ether oxygens (including phenoxy) is 1. The Labute approximate surface area is 105 Å². The molecular weight excluding hydrogens is 290 g/mol. The molecule has 88 valence electrons. The average Bonchev–Trinajstić information content (AvgIpc) is 2.75. The SMILES string of the molecule is O=C(O)c1nc(COc2cccc(Br)c2)co1. The Kier molecular flexibility index (Phi) is 3.43. The fraction of sp³-hybridized carbons (Fsp3) is 0.0909. The molecule has 17 heavy (non-hydrogen) atoms. The van der Waals surface area contributed by atoms with Crippen LogP contribution < -0.4 is 4.74 Å². The topological polar surface area (TPSA) is 72.6 Å². The predicted molar refractivity (Wildman–Crippen MR) is 61.9 cm³/mol. The highest BCUT2D eigenvalue weighted by atomic mass is 79.9. The molecule has 0 aliphatic heterocycles. The fourth-order valence-corrected chi connectivity index (χ4v) is 1.56. The number of carbonyl (C=O) groups is 1. The van der Waals surface area contributed by atoms with Gasteiger partial charge in [-0.1, -0.05) is 22.0 Å². The molecule has 1 N–H and O–H groups in total. The number of hydrogen-bond acceptors (Lipinski definition) is 4. The predicted octanol–water partition coefficient (Wildman–Crippen LogP) is 2.71. The summed E-state index contributed by atoms with van der Waals surface area (Å²) in [4.78, 5) is 14.3. The van der Waals surface area contributed by atoms with Gasteiger partial charge in [-0.05, 0) is 18.2 Å². The van der Waals surface area contributed by atoms with Crippen LogP contribution in [0.5, 0.6) is 5.75 Å². The fourth-order valence-electron chi connectivity index (χ4n) is 1.19. The van der Waals surface area contributed by atoms with Crippen LogP contribution in [0.2, 0.25) is 0 Å². The highest BCUT2D eigenvalue weighted by Gasteiger charge is 2.11. The number of aromatic nitrogens is 1. The number of oxazole rings is 1. The van der Waals surface area contributed by atoms with E-state index in [1.165, 1.54) is 6.26 Å². The Morgan fingerprint density at radius 1 is 1.53 bits per heavy atom. The van der Waals surface area contributed by atoms with E-state index in [-0.39, 0.29) is 12.5 Å². The molecule has 0 unspecified atom stereocenters. The van der Waals surface area contributed by atoms with Gasteiger partial charge in [-0.15, -0.1) is 0 Å². The van der Waals surface area contributed by atoms with Crippen LogP contribution >= 0.6 is 15.9 Å². The van der Waals surface area contributed by atoms with E-state index in [0.29, 0.717) is 11.4 Å². The average molecular weight is 298 g/mol. The van der Waals surface area contributed by atoms with Gasteiger partial charge in [0.15, 0.2) is 0 Å². The minimum Gasteiger partial charge on any atom is -0.487 e. The van der Waals surface area contributed by atoms with E-state index in [0.717, 1.165) is 4.47 Å². The van der Waals surface area contributed by atoms with E-state index in [2.05, 4.69) is 20.9 Å². The van der Waals surface area contributed by atoms with Gasteiger partial charge in [0.05, 0.1) is 0 Å². The molecule has 0 saturated carbocycles. The lowest BCUT2D eigenvalue weighted by atomic mass is 10.3. The summed E-state index contributed by atoms with van der Waals surface area (Å²) in [6.07, 6.45) is 1.27. The van der Waals surface area contributed by atoms with Crippen LogP contribution in [-0.4, -0.2) is 16.1 Å². The first-order valence-corrected chi connectivity index (χ1v) is 5.50. The highest BCUT2D eigenvalue weighted by Crippen LogP contribution is 2.18. The number of rotatable bonds is 4. The first-order chi connectivity index (χ1) is 8.15. The van der Waals surface area contributed by atoms with Crippen molar-refractivity contribution in [2.75, 3.05) is 0 Å². The molecule has 0 saturated heterocycles. The molecule has 0 bridgehead atoms. The van der Waals surface area contributed by atoms with Gasteiger partial charge in [0, 0.05) is 4.47 Å². The molecule has 1 aromatic heterocycles. The van der Waals surface area contributed by atoms with Gasteiger partial charge < -0.3 is 14.3 Å². The molecule has 0 aliphatic rings. The number of nitrogens with zero attached hydrogens (tertiary/aromatic N) is 1. The van der Waals surface area contributed by atoms with E-state index < -0.39 is 5.97 Å². The van der Waals surface area contributed by atoms with Crippen molar-refractivity contribution in [3.05, 3.63) is 46.6 Å². The second-order valence-electron chi connectivity index (χ2n) is 3.20. The summed E-state index contributed by atoms with van der Waals surface area (Å²) in [7, 11) is 0. The summed E-state index contributed by atoms with van der Waals surface area (Å²) >= 11 is 3.32. The Morgan fingerprint density at radius 2 is 2.35 bits per heavy atom. The quantitative estimate of drug-likeness (QED) is 0.939. The molecule has 0 aliphatic carbocycles. The summed E-state index contributed by atoms with van der Waals surface area (Å²) in [5.41, 5.74) is 0.433. The van der Waals surface area contributed by atoms with Gasteiger partial charge >= 0.3 is 11.9 Å². The number of halogens is 1. The lowest BCUT2D eigenvalue weighted by Gasteiger charge is -2.03. The second kappa shape index (κ2) is 5.01. The smallest absolute Gasteiger partial charge is 0.392 e. The zero-order valence-corrected chi connectivity index (χ0v) is 10.2. The first kappa shape index (κ1) is 11.7. The Hall–Kier alpha value is -1.82. The summed E-state index contributed by atoms with van der Waals surface area (Å²) < 4.78 is 11.1. The van der Waals surface area contributed by atoms with Gasteiger partial charge in [-0.3, -0.25) is 0 Å². The maximum Gasteiger partial charge on any atom is 0.392 e. The number of carboxylic acid groups (broad SMARTS) is 1. The second-order valence-corrected chi connectivity index (χ2v) is 4.11. The summed E-state index contributed by atoms with van der Waals surface area (Å²) in [5.74, 6) is -0.865. The van der Waals surface area contributed by atoms with Crippen molar-refractivity contribution < 1.29 is 19.1 Å². The molecule has 5 nitrogen and oxygen atoms in total. The Morgan fingerprint density at radius 3 is 3.00 bits per heavy atom. The van der Waals surface area contributed by atoms with Gasteiger partial charge in [0.1, 0.15) is 24.3 Å². The van der Waals surface area contributed by atoms with Gasteiger partial charge in [-0.25, -0.2) is 9.78 Å². The van der Waals surface area contributed by atoms with Crippen LogP contribution in [0.15, 0.2) is 39.4 Å². The van der Waals surface area contributed by atoms with Crippen molar-refractivity contribution >= 4 is 21.9 Å². The highest BCUT2D eigenvalue weighted by molar-refractivity contribution is 9.10. The van der Waals surface area contributed by atoms with Crippen molar-refractivity contribution in [1.29, 1.82) is 0 Å². The zero-order chi connectivity index (χ0) is 12.3. The molecule has 2 rings (SSSR count). The largest absolute Gasteiger partial charge is 0.487 e. The van der Waals surface area contributed by atoms with Crippen LogP contribution in [0.3, 0.4) is 0 Å². The standard InChI is InChI=1S/C11H8BrNO4/c12-7-2-1-3-9(4-7)16-5-8-6-17-10(13-8)11(14)15/h1-4,6H,5H2,(H,14,15). The van der Waals surface area contributed by atoms with Gasteiger partial charge in [-0.2, -0.15) is 0 Å². The third kappa shape index (κ3) is 3.07. The maximum absolute atomic E-state index is 10.5. The lowest BCUT2D eigenvalue weighted by molar-refractivity contribution is 0.0653. The molecule has 0 spiro atoms. The monoisotopic (exact) mass is 297 g/mol. The summed E-state index contributed by atoms with van der Waals surface area (Å²) in [6, 6.07) is 7.32. The van der Waals surface area contributed by atoms with Crippen molar-refractivity contribution in [3.63, 3.8) is 0 Å². The molecule has 0 radical (unpaired) electrons. The third-order valence-corrected chi connectivity index (χ3v) is 2.41. The van der Waals surface area contributed by atoms with Crippen LogP contribution in [0, 0.1) is 0 Å². The molecule has 0 amide bonds. The molecule has 0 fully saturated rings.